The van der Waals surface area contributed by atoms with Gasteiger partial charge in [0, 0.05) is 63.8 Å². The van der Waals surface area contributed by atoms with Gasteiger partial charge in [-0.2, -0.15) is 11.3 Å². The summed E-state index contributed by atoms with van der Waals surface area (Å²) < 4.78 is 5.54. The smallest absolute Gasteiger partial charge is 0.272 e. The van der Waals surface area contributed by atoms with Crippen LogP contribution in [-0.2, 0) is 9.53 Å². The highest BCUT2D eigenvalue weighted by atomic mass is 35.5. The summed E-state index contributed by atoms with van der Waals surface area (Å²) in [4.78, 5) is 22.4. The number of rotatable bonds is 4. The summed E-state index contributed by atoms with van der Waals surface area (Å²) in [5.41, 5.74) is 5.16. The molecule has 10 heteroatoms. The van der Waals surface area contributed by atoms with Crippen molar-refractivity contribution in [2.75, 3.05) is 48.5 Å². The van der Waals surface area contributed by atoms with E-state index in [1.165, 1.54) is 5.69 Å². The lowest BCUT2D eigenvalue weighted by Gasteiger charge is -2.30. The summed E-state index contributed by atoms with van der Waals surface area (Å²) in [7, 11) is 1.74. The maximum Gasteiger partial charge on any atom is 0.272 e. The number of ether oxygens (including phenoxy) is 1. The Morgan fingerprint density at radius 2 is 1.85 bits per heavy atom. The predicted molar refractivity (Wildman–Crippen MR) is 165 cm³/mol. The minimum atomic E-state index is -0.921. The maximum atomic E-state index is 13.6. The van der Waals surface area contributed by atoms with Crippen LogP contribution in [0.15, 0.2) is 76.4 Å². The first-order valence-electron chi connectivity index (χ1n) is 12.6. The second kappa shape index (κ2) is 10.9. The number of carbonyl (C=O) groups excluding carboxylic acids is 1. The average molecular weight is 576 g/mol. The zero-order chi connectivity index (χ0) is 26.9. The van der Waals surface area contributed by atoms with E-state index in [1.54, 1.807) is 29.4 Å². The fourth-order valence-corrected chi connectivity index (χ4v) is 6.06. The Hall–Kier alpha value is -3.50. The molecule has 1 saturated heterocycles. The van der Waals surface area contributed by atoms with Gasteiger partial charge in [0.15, 0.2) is 5.11 Å². The van der Waals surface area contributed by atoms with E-state index in [1.807, 2.05) is 47.2 Å². The molecule has 3 aromatic carbocycles. The Morgan fingerprint density at radius 1 is 1.08 bits per heavy atom. The van der Waals surface area contributed by atoms with Crippen molar-refractivity contribution >= 4 is 79.7 Å². The summed E-state index contributed by atoms with van der Waals surface area (Å²) in [6.07, 6.45) is -0.921. The number of nitrogens with one attached hydrogen (secondary N) is 2. The van der Waals surface area contributed by atoms with Crippen LogP contribution in [0.25, 0.3) is 10.8 Å². The quantitative estimate of drug-likeness (QED) is 0.312. The fourth-order valence-electron chi connectivity index (χ4n) is 5.02. The monoisotopic (exact) mass is 575 g/mol. The van der Waals surface area contributed by atoms with E-state index in [2.05, 4.69) is 33.7 Å². The minimum Gasteiger partial charge on any atom is -0.378 e. The normalized spacial score (nSPS) is 17.4. The van der Waals surface area contributed by atoms with E-state index < -0.39 is 6.17 Å². The lowest BCUT2D eigenvalue weighted by molar-refractivity contribution is -0.119. The number of benzodiazepines with no additional fused rings is 1. The van der Waals surface area contributed by atoms with Gasteiger partial charge in [0.1, 0.15) is 0 Å². The SMILES string of the molecule is CN1C(=O)C(NC(=S)Nc2ccc(N3CCOCC3)c3ccccc23)N=C(c2ccsc2)c2cc(Cl)ccc21. The van der Waals surface area contributed by atoms with Crippen molar-refractivity contribution < 1.29 is 9.53 Å². The molecule has 7 nitrogen and oxygen atoms in total. The average Bonchev–Trinajstić information content (AvgIpc) is 3.47. The zero-order valence-electron chi connectivity index (χ0n) is 21.2. The number of aliphatic imine (C=N–C) groups is 1. The topological polar surface area (TPSA) is 69.2 Å². The number of halogens is 1. The number of thiocarbonyl (C=S) groups is 1. The van der Waals surface area contributed by atoms with Gasteiger partial charge in [-0.05, 0) is 54.0 Å². The van der Waals surface area contributed by atoms with Crippen LogP contribution in [-0.4, -0.2) is 56.2 Å². The lowest BCUT2D eigenvalue weighted by Crippen LogP contribution is -2.47. The molecular weight excluding hydrogens is 550 g/mol. The number of nitrogens with zero attached hydrogens (tertiary/aromatic N) is 3. The molecule has 2 aliphatic rings. The number of thiophene rings is 1. The number of likely N-dealkylation sites (N-methyl/N-ethyl adjacent to an activating group) is 1. The Balaban J connectivity index is 1.30. The van der Waals surface area contributed by atoms with E-state index in [4.69, 9.17) is 33.5 Å². The first-order valence-corrected chi connectivity index (χ1v) is 14.3. The first kappa shape index (κ1) is 25.8. The molecule has 0 radical (unpaired) electrons. The number of hydrogen-bond donors (Lipinski definition) is 2. The summed E-state index contributed by atoms with van der Waals surface area (Å²) >= 11 is 13.6. The molecule has 0 aliphatic carbocycles. The van der Waals surface area contributed by atoms with Gasteiger partial charge in [-0.3, -0.25) is 4.79 Å². The van der Waals surface area contributed by atoms with Crippen LogP contribution >= 0.6 is 35.2 Å². The number of carbonyl (C=O) groups is 1. The third-order valence-electron chi connectivity index (χ3n) is 6.96. The van der Waals surface area contributed by atoms with Crippen molar-refractivity contribution in [3.8, 4) is 0 Å². The van der Waals surface area contributed by atoms with Crippen molar-refractivity contribution in [3.05, 3.63) is 87.6 Å². The molecule has 6 rings (SSSR count). The van der Waals surface area contributed by atoms with Crippen molar-refractivity contribution in [2.45, 2.75) is 6.17 Å². The molecule has 2 N–H and O–H groups in total. The number of benzene rings is 3. The van der Waals surface area contributed by atoms with Gasteiger partial charge in [0.05, 0.1) is 24.6 Å². The number of anilines is 3. The van der Waals surface area contributed by atoms with Crippen LogP contribution in [0.3, 0.4) is 0 Å². The van der Waals surface area contributed by atoms with Gasteiger partial charge < -0.3 is 25.2 Å². The molecule has 2 aliphatic heterocycles. The number of fused-ring (bicyclic) bond motifs is 2. The Labute approximate surface area is 241 Å². The highest BCUT2D eigenvalue weighted by Crippen LogP contribution is 2.33. The van der Waals surface area contributed by atoms with Gasteiger partial charge in [0.2, 0.25) is 6.17 Å². The van der Waals surface area contributed by atoms with Crippen molar-refractivity contribution in [1.29, 1.82) is 0 Å². The molecule has 198 valence electrons. The first-order chi connectivity index (χ1) is 19.0. The Bertz CT molecular complexity index is 1580. The molecule has 0 saturated carbocycles. The highest BCUT2D eigenvalue weighted by molar-refractivity contribution is 7.80. The van der Waals surface area contributed by atoms with Crippen LogP contribution in [0.2, 0.25) is 5.02 Å². The molecule has 0 spiro atoms. The summed E-state index contributed by atoms with van der Waals surface area (Å²) in [6, 6.07) is 19.8. The molecule has 0 bridgehead atoms. The van der Waals surface area contributed by atoms with E-state index in [-0.39, 0.29) is 5.91 Å². The summed E-state index contributed by atoms with van der Waals surface area (Å²) in [5.74, 6) is -0.222. The van der Waals surface area contributed by atoms with E-state index >= 15 is 0 Å². The molecule has 1 amide bonds. The van der Waals surface area contributed by atoms with Crippen molar-refractivity contribution in [1.82, 2.24) is 5.32 Å². The predicted octanol–water partition coefficient (Wildman–Crippen LogP) is 5.52. The molecular formula is C29H26ClN5O2S2. The highest BCUT2D eigenvalue weighted by Gasteiger charge is 2.31. The van der Waals surface area contributed by atoms with Gasteiger partial charge >= 0.3 is 0 Å². The van der Waals surface area contributed by atoms with Gasteiger partial charge in [-0.15, -0.1) is 0 Å². The van der Waals surface area contributed by atoms with Gasteiger partial charge in [0.25, 0.3) is 5.91 Å². The Morgan fingerprint density at radius 3 is 2.62 bits per heavy atom. The Kier molecular flexibility index (Phi) is 7.22. The van der Waals surface area contributed by atoms with Crippen LogP contribution in [0.1, 0.15) is 11.1 Å². The standard InChI is InChI=1S/C29H26ClN5O2S2/c1-34-24-8-6-19(30)16-22(24)26(18-10-15-39-17-18)32-27(28(34)36)33-29(38)31-23-7-9-25(35-11-13-37-14-12-35)21-5-3-2-4-20(21)23/h2-10,15-17,27H,11-14H2,1H3,(H2,31,33,38). The van der Waals surface area contributed by atoms with E-state index in [0.29, 0.717) is 15.8 Å². The van der Waals surface area contributed by atoms with Crippen molar-refractivity contribution in [3.63, 3.8) is 0 Å². The second-order valence-electron chi connectivity index (χ2n) is 9.33. The number of hydrogen-bond acceptors (Lipinski definition) is 6. The van der Waals surface area contributed by atoms with Gasteiger partial charge in [-0.25, -0.2) is 4.99 Å². The van der Waals surface area contributed by atoms with E-state index in [9.17, 15) is 4.79 Å². The largest absolute Gasteiger partial charge is 0.378 e. The fraction of sp³-hybridized carbons (Fsp3) is 0.207. The summed E-state index contributed by atoms with van der Waals surface area (Å²) in [5, 5.41) is 13.5. The zero-order valence-corrected chi connectivity index (χ0v) is 23.6. The number of amides is 1. The molecule has 3 heterocycles. The van der Waals surface area contributed by atoms with Crippen molar-refractivity contribution in [2.24, 2.45) is 4.99 Å². The molecule has 4 aromatic rings. The minimum absolute atomic E-state index is 0.222. The van der Waals surface area contributed by atoms with Crippen LogP contribution in [0.5, 0.6) is 0 Å². The van der Waals surface area contributed by atoms with Crippen LogP contribution < -0.4 is 20.4 Å². The maximum absolute atomic E-state index is 13.6. The third kappa shape index (κ3) is 5.10. The molecule has 1 aromatic heterocycles. The van der Waals surface area contributed by atoms with Crippen LogP contribution in [0.4, 0.5) is 17.1 Å². The van der Waals surface area contributed by atoms with Gasteiger partial charge in [-0.1, -0.05) is 35.9 Å². The third-order valence-corrected chi connectivity index (χ3v) is 8.10. The molecule has 1 unspecified atom stereocenters. The molecule has 1 fully saturated rings. The molecule has 1 atom stereocenters. The van der Waals surface area contributed by atoms with E-state index in [0.717, 1.165) is 59.6 Å². The second-order valence-corrected chi connectivity index (χ2v) is 11.0. The molecule has 39 heavy (non-hydrogen) atoms. The summed E-state index contributed by atoms with van der Waals surface area (Å²) in [6.45, 7) is 3.14. The lowest BCUT2D eigenvalue weighted by atomic mass is 10.0. The van der Waals surface area contributed by atoms with Crippen LogP contribution in [0, 0.1) is 0 Å². The number of morpholine rings is 1.